The first kappa shape index (κ1) is 15.6. The molecule has 0 aliphatic carbocycles. The van der Waals surface area contributed by atoms with E-state index in [1.807, 2.05) is 6.92 Å². The lowest BCUT2D eigenvalue weighted by atomic mass is 10.1. The van der Waals surface area contributed by atoms with Crippen LogP contribution in [0.15, 0.2) is 18.2 Å². The van der Waals surface area contributed by atoms with Crippen LogP contribution in [0.2, 0.25) is 0 Å². The molecule has 19 heavy (non-hydrogen) atoms. The van der Waals surface area contributed by atoms with E-state index in [1.54, 1.807) is 31.0 Å². The first-order chi connectivity index (χ1) is 8.93. The zero-order chi connectivity index (χ0) is 14.4. The lowest BCUT2D eigenvalue weighted by molar-refractivity contribution is -0.122. The van der Waals surface area contributed by atoms with Gasteiger partial charge in [0.1, 0.15) is 5.82 Å². The van der Waals surface area contributed by atoms with Crippen LogP contribution >= 0.6 is 0 Å². The number of halogens is 1. The highest BCUT2D eigenvalue weighted by Crippen LogP contribution is 2.08. The van der Waals surface area contributed by atoms with Gasteiger partial charge in [0.2, 0.25) is 5.91 Å². The number of carbonyl (C=O) groups excluding carboxylic acids is 1. The van der Waals surface area contributed by atoms with Crippen LogP contribution in [-0.2, 0) is 11.3 Å². The maximum atomic E-state index is 13.3. The van der Waals surface area contributed by atoms with Gasteiger partial charge in [-0.15, -0.1) is 0 Å². The van der Waals surface area contributed by atoms with Crippen molar-refractivity contribution in [1.82, 2.24) is 10.2 Å². The number of rotatable bonds is 6. The monoisotopic (exact) mass is 268 g/mol. The van der Waals surface area contributed by atoms with Gasteiger partial charge in [-0.25, -0.2) is 4.39 Å². The quantitative estimate of drug-likeness (QED) is 0.811. The van der Waals surface area contributed by atoms with Crippen molar-refractivity contribution in [2.45, 2.75) is 26.4 Å². The van der Waals surface area contributed by atoms with Gasteiger partial charge in [-0.1, -0.05) is 12.1 Å². The Morgan fingerprint density at radius 2 is 2.21 bits per heavy atom. The molecule has 4 nitrogen and oxygen atoms in total. The number of amides is 1. The van der Waals surface area contributed by atoms with Gasteiger partial charge in [0.15, 0.2) is 0 Å². The predicted octanol–water partition coefficient (Wildman–Crippen LogP) is 1.06. The topological polar surface area (TPSA) is 52.6 Å². The minimum atomic E-state index is -0.266. The van der Waals surface area contributed by atoms with E-state index < -0.39 is 0 Å². The fourth-order valence-corrected chi connectivity index (χ4v) is 1.52. The first-order valence-corrected chi connectivity index (χ1v) is 6.27. The lowest BCUT2D eigenvalue weighted by Crippen LogP contribution is -2.40. The highest BCUT2D eigenvalue weighted by molar-refractivity contribution is 5.78. The summed E-state index contributed by atoms with van der Waals surface area (Å²) in [6, 6.07) is 4.84. The van der Waals surface area contributed by atoms with Crippen molar-refractivity contribution >= 4 is 5.91 Å². The molecule has 106 valence electrons. The normalized spacial score (nSPS) is 12.5. The van der Waals surface area contributed by atoms with E-state index in [2.05, 4.69) is 5.32 Å². The maximum absolute atomic E-state index is 13.3. The van der Waals surface area contributed by atoms with Crippen LogP contribution < -0.4 is 5.32 Å². The number of benzene rings is 1. The molecule has 1 rings (SSSR count). The van der Waals surface area contributed by atoms with Gasteiger partial charge < -0.3 is 10.4 Å². The standard InChI is InChI=1S/C14H21FN2O2/c1-10-4-5-12(6-13(10)15)7-16-14(19)8-17(3)11(2)9-18/h4-6,11,18H,7-9H2,1-3H3,(H,16,19). The number of hydrogen-bond donors (Lipinski definition) is 2. The minimum Gasteiger partial charge on any atom is -0.395 e. The van der Waals surface area contributed by atoms with Crippen LogP contribution in [0.5, 0.6) is 0 Å². The Morgan fingerprint density at radius 3 is 2.79 bits per heavy atom. The molecule has 1 atom stereocenters. The summed E-state index contributed by atoms with van der Waals surface area (Å²) in [5.74, 6) is -0.415. The van der Waals surface area contributed by atoms with Crippen LogP contribution in [0.4, 0.5) is 4.39 Å². The molecule has 0 spiro atoms. The molecular formula is C14H21FN2O2. The molecule has 0 radical (unpaired) electrons. The van der Waals surface area contributed by atoms with E-state index in [4.69, 9.17) is 5.11 Å². The lowest BCUT2D eigenvalue weighted by Gasteiger charge is -2.21. The van der Waals surface area contributed by atoms with E-state index in [9.17, 15) is 9.18 Å². The van der Waals surface area contributed by atoms with Crippen LogP contribution in [0.25, 0.3) is 0 Å². The number of likely N-dealkylation sites (N-methyl/N-ethyl adjacent to an activating group) is 1. The Hall–Kier alpha value is -1.46. The van der Waals surface area contributed by atoms with Gasteiger partial charge in [0.25, 0.3) is 0 Å². The van der Waals surface area contributed by atoms with Crippen molar-refractivity contribution in [2.24, 2.45) is 0 Å². The summed E-state index contributed by atoms with van der Waals surface area (Å²) in [5, 5.41) is 11.7. The van der Waals surface area contributed by atoms with E-state index in [0.29, 0.717) is 12.1 Å². The number of aliphatic hydroxyl groups excluding tert-OH is 1. The number of aryl methyl sites for hydroxylation is 1. The second-order valence-corrected chi connectivity index (χ2v) is 4.81. The number of aliphatic hydroxyl groups is 1. The number of carbonyl (C=O) groups is 1. The zero-order valence-corrected chi connectivity index (χ0v) is 11.6. The average Bonchev–Trinajstić information content (AvgIpc) is 2.39. The molecule has 0 heterocycles. The van der Waals surface area contributed by atoms with Crippen LogP contribution in [0.3, 0.4) is 0 Å². The van der Waals surface area contributed by atoms with E-state index in [-0.39, 0.29) is 30.9 Å². The maximum Gasteiger partial charge on any atom is 0.234 e. The van der Waals surface area contributed by atoms with Crippen LogP contribution in [-0.4, -0.2) is 42.2 Å². The molecule has 0 saturated carbocycles. The summed E-state index contributed by atoms with van der Waals surface area (Å²) in [7, 11) is 1.77. The summed E-state index contributed by atoms with van der Waals surface area (Å²) < 4.78 is 13.3. The van der Waals surface area contributed by atoms with Gasteiger partial charge in [-0.2, -0.15) is 0 Å². The molecule has 0 saturated heterocycles. The molecular weight excluding hydrogens is 247 g/mol. The number of nitrogens with one attached hydrogen (secondary N) is 1. The van der Waals surface area contributed by atoms with E-state index >= 15 is 0 Å². The second-order valence-electron chi connectivity index (χ2n) is 4.81. The Bertz CT molecular complexity index is 437. The Balaban J connectivity index is 2.43. The molecule has 0 fully saturated rings. The van der Waals surface area contributed by atoms with E-state index in [0.717, 1.165) is 5.56 Å². The molecule has 0 bridgehead atoms. The fourth-order valence-electron chi connectivity index (χ4n) is 1.52. The second kappa shape index (κ2) is 7.21. The van der Waals surface area contributed by atoms with Crippen molar-refractivity contribution in [1.29, 1.82) is 0 Å². The smallest absolute Gasteiger partial charge is 0.234 e. The zero-order valence-electron chi connectivity index (χ0n) is 11.6. The van der Waals surface area contributed by atoms with Crippen molar-refractivity contribution in [3.05, 3.63) is 35.1 Å². The highest BCUT2D eigenvalue weighted by atomic mass is 19.1. The molecule has 2 N–H and O–H groups in total. The third kappa shape index (κ3) is 4.96. The average molecular weight is 268 g/mol. The minimum absolute atomic E-state index is 0.00690. The largest absolute Gasteiger partial charge is 0.395 e. The molecule has 1 aromatic carbocycles. The van der Waals surface area contributed by atoms with Crippen molar-refractivity contribution in [3.8, 4) is 0 Å². The first-order valence-electron chi connectivity index (χ1n) is 6.27. The molecule has 5 heteroatoms. The molecule has 0 aliphatic rings. The summed E-state index contributed by atoms with van der Waals surface area (Å²) in [6.07, 6.45) is 0. The Labute approximate surface area is 113 Å². The van der Waals surface area contributed by atoms with Crippen LogP contribution in [0, 0.1) is 12.7 Å². The van der Waals surface area contributed by atoms with Gasteiger partial charge in [0.05, 0.1) is 13.2 Å². The molecule has 1 unspecified atom stereocenters. The summed E-state index contributed by atoms with van der Waals surface area (Å²) >= 11 is 0. The van der Waals surface area contributed by atoms with Gasteiger partial charge in [0, 0.05) is 12.6 Å². The summed E-state index contributed by atoms with van der Waals surface area (Å²) in [5.41, 5.74) is 1.32. The summed E-state index contributed by atoms with van der Waals surface area (Å²) in [4.78, 5) is 13.4. The molecule has 1 amide bonds. The van der Waals surface area contributed by atoms with Gasteiger partial charge >= 0.3 is 0 Å². The van der Waals surface area contributed by atoms with Crippen molar-refractivity contribution in [2.75, 3.05) is 20.2 Å². The van der Waals surface area contributed by atoms with Gasteiger partial charge in [-0.05, 0) is 38.1 Å². The Kier molecular flexibility index (Phi) is 5.92. The SMILES string of the molecule is Cc1ccc(CNC(=O)CN(C)C(C)CO)cc1F. The molecule has 0 aliphatic heterocycles. The predicted molar refractivity (Wildman–Crippen MR) is 72.2 cm³/mol. The number of nitrogens with zero attached hydrogens (tertiary/aromatic N) is 1. The third-order valence-corrected chi connectivity index (χ3v) is 3.14. The highest BCUT2D eigenvalue weighted by Gasteiger charge is 2.11. The van der Waals surface area contributed by atoms with Crippen molar-refractivity contribution in [3.63, 3.8) is 0 Å². The fraction of sp³-hybridized carbons (Fsp3) is 0.500. The number of hydrogen-bond acceptors (Lipinski definition) is 3. The van der Waals surface area contributed by atoms with Crippen molar-refractivity contribution < 1.29 is 14.3 Å². The van der Waals surface area contributed by atoms with Crippen LogP contribution in [0.1, 0.15) is 18.1 Å². The molecule has 1 aromatic rings. The molecule has 0 aromatic heterocycles. The Morgan fingerprint density at radius 1 is 1.53 bits per heavy atom. The van der Waals surface area contributed by atoms with E-state index in [1.165, 1.54) is 6.07 Å². The summed E-state index contributed by atoms with van der Waals surface area (Å²) in [6.45, 7) is 4.05. The van der Waals surface area contributed by atoms with Gasteiger partial charge in [-0.3, -0.25) is 9.69 Å². The third-order valence-electron chi connectivity index (χ3n) is 3.14.